The average Bonchev–Trinajstić information content (AvgIpc) is 3.25. The number of hydrogen-bond donors (Lipinski definition) is 0. The number of allylic oxidation sites excluding steroid dienone is 1. The maximum atomic E-state index is 12.9. The molecule has 0 N–H and O–H groups in total. The highest BCUT2D eigenvalue weighted by Gasteiger charge is 2.25. The molecule has 1 aliphatic rings. The molecule has 0 aliphatic carbocycles. The molecule has 8 nitrogen and oxygen atoms in total. The van der Waals surface area contributed by atoms with Crippen molar-refractivity contribution in [3.63, 3.8) is 0 Å². The Hall–Kier alpha value is -3.30. The van der Waals surface area contributed by atoms with Gasteiger partial charge in [-0.05, 0) is 24.6 Å². The molecule has 0 saturated carbocycles. The van der Waals surface area contributed by atoms with E-state index in [-0.39, 0.29) is 5.91 Å². The molecule has 1 fully saturated rings. The van der Waals surface area contributed by atoms with Gasteiger partial charge in [-0.25, -0.2) is 8.42 Å². The number of fused-ring (bicyclic) bond motifs is 1. The van der Waals surface area contributed by atoms with Crippen molar-refractivity contribution in [2.75, 3.05) is 46.7 Å². The van der Waals surface area contributed by atoms with Crippen molar-refractivity contribution >= 4 is 32.5 Å². The normalized spacial score (nSPS) is 15.5. The Bertz CT molecular complexity index is 1350. The van der Waals surface area contributed by atoms with Crippen LogP contribution in [-0.2, 0) is 14.8 Å². The van der Waals surface area contributed by atoms with Gasteiger partial charge in [-0.3, -0.25) is 4.79 Å². The summed E-state index contributed by atoms with van der Waals surface area (Å²) in [6, 6.07) is 11.5. The van der Waals surface area contributed by atoms with Gasteiger partial charge in [-0.2, -0.15) is 4.31 Å². The van der Waals surface area contributed by atoms with Gasteiger partial charge in [0.1, 0.15) is 17.1 Å². The summed E-state index contributed by atoms with van der Waals surface area (Å²) in [5.41, 5.74) is 3.96. The lowest BCUT2D eigenvalue weighted by molar-refractivity contribution is -0.127. The lowest BCUT2D eigenvalue weighted by atomic mass is 9.98. The van der Waals surface area contributed by atoms with Crippen LogP contribution in [0.4, 0.5) is 0 Å². The Morgan fingerprint density at radius 2 is 1.68 bits per heavy atom. The van der Waals surface area contributed by atoms with Crippen LogP contribution in [0.15, 0.2) is 53.2 Å². The fourth-order valence-corrected chi connectivity index (χ4v) is 5.03. The third kappa shape index (κ3) is 4.67. The quantitative estimate of drug-likeness (QED) is 0.497. The second kappa shape index (κ2) is 9.52. The van der Waals surface area contributed by atoms with Crippen molar-refractivity contribution in [1.82, 2.24) is 9.21 Å². The summed E-state index contributed by atoms with van der Waals surface area (Å²) in [4.78, 5) is 14.6. The minimum Gasteiger partial charge on any atom is -0.496 e. The molecule has 0 atom stereocenters. The molecule has 0 unspecified atom stereocenters. The SMILES string of the molecule is COc1cc2occ(-c3ccccc3OC)c2cc1/C(C)=C/C(=O)N1CCN(S(C)(=O)=O)CC1. The van der Waals surface area contributed by atoms with E-state index in [4.69, 9.17) is 13.9 Å². The second-order valence-corrected chi connectivity index (χ2v) is 10.2. The Morgan fingerprint density at radius 1 is 1.00 bits per heavy atom. The molecule has 0 radical (unpaired) electrons. The zero-order valence-electron chi connectivity index (χ0n) is 19.7. The Balaban J connectivity index is 1.66. The van der Waals surface area contributed by atoms with Gasteiger partial charge in [0.25, 0.3) is 0 Å². The van der Waals surface area contributed by atoms with Crippen molar-refractivity contribution in [1.29, 1.82) is 0 Å². The third-order valence-electron chi connectivity index (χ3n) is 6.08. The smallest absolute Gasteiger partial charge is 0.246 e. The number of piperazine rings is 1. The molecule has 9 heteroatoms. The van der Waals surface area contributed by atoms with Crippen LogP contribution in [0, 0.1) is 0 Å². The van der Waals surface area contributed by atoms with Crippen LogP contribution in [0.2, 0.25) is 0 Å². The number of carbonyl (C=O) groups is 1. The summed E-state index contributed by atoms with van der Waals surface area (Å²) < 4.78 is 41.8. The van der Waals surface area contributed by atoms with Gasteiger partial charge in [0, 0.05) is 60.4 Å². The molecule has 4 rings (SSSR count). The van der Waals surface area contributed by atoms with Gasteiger partial charge in [0.15, 0.2) is 0 Å². The molecule has 3 aromatic rings. The zero-order valence-corrected chi connectivity index (χ0v) is 20.5. The number of nitrogens with zero attached hydrogens (tertiary/aromatic N) is 2. The van der Waals surface area contributed by atoms with Gasteiger partial charge in [-0.1, -0.05) is 18.2 Å². The average molecular weight is 485 g/mol. The number of benzene rings is 2. The van der Waals surface area contributed by atoms with Crippen LogP contribution in [0.1, 0.15) is 12.5 Å². The fraction of sp³-hybridized carbons (Fsp3) is 0.320. The molecule has 1 amide bonds. The zero-order chi connectivity index (χ0) is 24.5. The number of methoxy groups -OCH3 is 2. The van der Waals surface area contributed by atoms with E-state index in [1.165, 1.54) is 10.6 Å². The van der Waals surface area contributed by atoms with Gasteiger partial charge in [0.2, 0.25) is 15.9 Å². The highest BCUT2D eigenvalue weighted by molar-refractivity contribution is 7.88. The third-order valence-corrected chi connectivity index (χ3v) is 7.38. The molecule has 1 aliphatic heterocycles. The molecule has 1 aromatic heterocycles. The summed E-state index contributed by atoms with van der Waals surface area (Å²) in [5.74, 6) is 1.17. The number of amides is 1. The predicted octanol–water partition coefficient (Wildman–Crippen LogP) is 3.62. The second-order valence-electron chi connectivity index (χ2n) is 8.21. The highest BCUT2D eigenvalue weighted by Crippen LogP contribution is 2.40. The van der Waals surface area contributed by atoms with E-state index < -0.39 is 10.0 Å². The molecule has 34 heavy (non-hydrogen) atoms. The van der Waals surface area contributed by atoms with E-state index >= 15 is 0 Å². The van der Waals surface area contributed by atoms with E-state index in [1.807, 2.05) is 43.3 Å². The largest absolute Gasteiger partial charge is 0.496 e. The number of rotatable bonds is 6. The van der Waals surface area contributed by atoms with Gasteiger partial charge in [-0.15, -0.1) is 0 Å². The summed E-state index contributed by atoms with van der Waals surface area (Å²) in [6.07, 6.45) is 4.45. The van der Waals surface area contributed by atoms with E-state index in [9.17, 15) is 13.2 Å². The van der Waals surface area contributed by atoms with Crippen LogP contribution in [0.25, 0.3) is 27.7 Å². The first kappa shape index (κ1) is 23.8. The Kier molecular flexibility index (Phi) is 6.67. The van der Waals surface area contributed by atoms with Crippen LogP contribution in [0.3, 0.4) is 0 Å². The van der Waals surface area contributed by atoms with Crippen LogP contribution in [0.5, 0.6) is 11.5 Å². The van der Waals surface area contributed by atoms with Crippen molar-refractivity contribution < 1.29 is 27.1 Å². The molecule has 0 spiro atoms. The van der Waals surface area contributed by atoms with Gasteiger partial charge < -0.3 is 18.8 Å². The van der Waals surface area contributed by atoms with Crippen LogP contribution >= 0.6 is 0 Å². The Labute approximate surface area is 199 Å². The van der Waals surface area contributed by atoms with E-state index in [2.05, 4.69) is 0 Å². The molecular weight excluding hydrogens is 456 g/mol. The number of carbonyl (C=O) groups excluding carboxylic acids is 1. The predicted molar refractivity (Wildman–Crippen MR) is 131 cm³/mol. The monoisotopic (exact) mass is 484 g/mol. The van der Waals surface area contributed by atoms with E-state index in [0.29, 0.717) is 37.5 Å². The summed E-state index contributed by atoms with van der Waals surface area (Å²) >= 11 is 0. The highest BCUT2D eigenvalue weighted by atomic mass is 32.2. The minimum absolute atomic E-state index is 0.162. The first-order chi connectivity index (χ1) is 16.2. The number of para-hydroxylation sites is 1. The summed E-state index contributed by atoms with van der Waals surface area (Å²) in [5, 5.41) is 0.877. The molecule has 2 aromatic carbocycles. The first-order valence-corrected chi connectivity index (χ1v) is 12.7. The lowest BCUT2D eigenvalue weighted by Gasteiger charge is -2.32. The molecule has 2 heterocycles. The van der Waals surface area contributed by atoms with Crippen molar-refractivity contribution in [2.24, 2.45) is 0 Å². The van der Waals surface area contributed by atoms with Crippen molar-refractivity contribution in [3.05, 3.63) is 54.3 Å². The number of sulfonamides is 1. The molecule has 180 valence electrons. The summed E-state index contributed by atoms with van der Waals surface area (Å²) in [6.45, 7) is 3.16. The van der Waals surface area contributed by atoms with E-state index in [0.717, 1.165) is 33.4 Å². The van der Waals surface area contributed by atoms with Crippen molar-refractivity contribution in [2.45, 2.75) is 6.92 Å². The fourth-order valence-electron chi connectivity index (χ4n) is 4.20. The number of hydrogen-bond acceptors (Lipinski definition) is 6. The molecule has 0 bridgehead atoms. The van der Waals surface area contributed by atoms with Crippen LogP contribution < -0.4 is 9.47 Å². The Morgan fingerprint density at radius 3 is 2.32 bits per heavy atom. The van der Waals surface area contributed by atoms with Gasteiger partial charge >= 0.3 is 0 Å². The number of ether oxygens (including phenoxy) is 2. The topological polar surface area (TPSA) is 89.3 Å². The maximum Gasteiger partial charge on any atom is 0.246 e. The standard InChI is InChI=1S/C25H28N2O6S/c1-17(13-25(28)26-9-11-27(12-10-26)34(4,29)30)19-14-20-21(16-33-24(20)15-23(19)32-3)18-7-5-6-8-22(18)31-2/h5-8,13-16H,9-12H2,1-4H3/b17-13+. The molecule has 1 saturated heterocycles. The number of furan rings is 1. The lowest BCUT2D eigenvalue weighted by Crippen LogP contribution is -2.49. The molecular formula is C25H28N2O6S. The summed E-state index contributed by atoms with van der Waals surface area (Å²) in [7, 11) is -0.0454. The maximum absolute atomic E-state index is 12.9. The van der Waals surface area contributed by atoms with E-state index in [1.54, 1.807) is 31.5 Å². The first-order valence-electron chi connectivity index (χ1n) is 10.9. The van der Waals surface area contributed by atoms with Gasteiger partial charge in [0.05, 0.1) is 26.7 Å². The van der Waals surface area contributed by atoms with Crippen LogP contribution in [-0.4, -0.2) is 70.2 Å². The minimum atomic E-state index is -3.25. The van der Waals surface area contributed by atoms with Crippen molar-refractivity contribution in [3.8, 4) is 22.6 Å².